The number of allylic oxidation sites excluding steroid dienone is 2. The number of hydrogen-bond donors (Lipinski definition) is 0. The van der Waals surface area contributed by atoms with Gasteiger partial charge in [-0.15, -0.1) is 0 Å². The maximum Gasteiger partial charge on any atom is 0.319 e. The fourth-order valence-corrected chi connectivity index (χ4v) is 3.79. The van der Waals surface area contributed by atoms with Crippen LogP contribution in [-0.4, -0.2) is 24.0 Å². The van der Waals surface area contributed by atoms with Crippen molar-refractivity contribution in [3.05, 3.63) is 23.3 Å². The van der Waals surface area contributed by atoms with Gasteiger partial charge in [-0.25, -0.2) is 4.39 Å². The van der Waals surface area contributed by atoms with Gasteiger partial charge in [-0.05, 0) is 69.6 Å². The number of esters is 1. The molecule has 3 unspecified atom stereocenters. The summed E-state index contributed by atoms with van der Waals surface area (Å²) in [6.45, 7) is 10.0. The summed E-state index contributed by atoms with van der Waals surface area (Å²) in [4.78, 5) is 12.4. The fraction of sp³-hybridized carbons (Fsp3) is 0.750. The molecule has 25 heavy (non-hydrogen) atoms. The first-order valence-corrected chi connectivity index (χ1v) is 9.40. The third-order valence-electron chi connectivity index (χ3n) is 4.73. The minimum Gasteiger partial charge on any atom is -0.459 e. The predicted molar refractivity (Wildman–Crippen MR) is 97.9 cm³/mol. The number of alkyl halides is 1. The highest BCUT2D eigenvalue weighted by atomic mass is 35.5. The zero-order valence-corrected chi connectivity index (χ0v) is 16.7. The van der Waals surface area contributed by atoms with Crippen LogP contribution in [0.25, 0.3) is 0 Å². The smallest absolute Gasteiger partial charge is 0.319 e. The first-order valence-electron chi connectivity index (χ1n) is 9.03. The average Bonchev–Trinajstić information content (AvgIpc) is 2.45. The van der Waals surface area contributed by atoms with Gasteiger partial charge in [0.15, 0.2) is 0 Å². The van der Waals surface area contributed by atoms with Gasteiger partial charge in [0.2, 0.25) is 5.85 Å². The Labute approximate surface area is 155 Å². The van der Waals surface area contributed by atoms with Crippen LogP contribution in [0.15, 0.2) is 23.3 Å². The van der Waals surface area contributed by atoms with E-state index >= 15 is 4.39 Å². The molecule has 2 aliphatic carbocycles. The molecule has 0 aromatic heterocycles. The number of rotatable bonds is 4. The summed E-state index contributed by atoms with van der Waals surface area (Å²) in [5.41, 5.74) is -0.446. The summed E-state index contributed by atoms with van der Waals surface area (Å²) in [5.74, 6) is -3.78. The molecular formula is C20H30ClFO3. The van der Waals surface area contributed by atoms with Crippen molar-refractivity contribution in [3.8, 4) is 0 Å². The highest BCUT2D eigenvalue weighted by molar-refractivity contribution is 6.31. The predicted octanol–water partition coefficient (Wildman–Crippen LogP) is 5.54. The summed E-state index contributed by atoms with van der Waals surface area (Å²) in [6, 6.07) is 0. The van der Waals surface area contributed by atoms with Crippen LogP contribution in [0.3, 0.4) is 0 Å². The van der Waals surface area contributed by atoms with Gasteiger partial charge in [-0.3, -0.25) is 4.79 Å². The van der Waals surface area contributed by atoms with Crippen LogP contribution in [0.4, 0.5) is 4.39 Å². The molecule has 1 saturated carbocycles. The van der Waals surface area contributed by atoms with Gasteiger partial charge >= 0.3 is 5.97 Å². The summed E-state index contributed by atoms with van der Waals surface area (Å²) >= 11 is 5.98. The molecule has 0 saturated heterocycles. The van der Waals surface area contributed by atoms with E-state index in [0.717, 1.165) is 19.3 Å². The molecule has 0 heterocycles. The summed E-state index contributed by atoms with van der Waals surface area (Å²) in [7, 11) is 0. The Morgan fingerprint density at radius 2 is 2.08 bits per heavy atom. The van der Waals surface area contributed by atoms with Crippen LogP contribution >= 0.6 is 11.6 Å². The minimum atomic E-state index is -2.22. The van der Waals surface area contributed by atoms with E-state index in [-0.39, 0.29) is 12.0 Å². The number of hydrogen-bond acceptors (Lipinski definition) is 3. The largest absolute Gasteiger partial charge is 0.459 e. The molecule has 0 aromatic carbocycles. The first-order chi connectivity index (χ1) is 11.4. The lowest BCUT2D eigenvalue weighted by atomic mass is 9.72. The van der Waals surface area contributed by atoms with Crippen molar-refractivity contribution in [1.82, 2.24) is 0 Å². The van der Waals surface area contributed by atoms with Crippen LogP contribution in [0.2, 0.25) is 0 Å². The molecule has 0 radical (unpaired) electrons. The summed E-state index contributed by atoms with van der Waals surface area (Å²) in [6.07, 6.45) is 8.38. The SMILES string of the molecule is CC1(C)CCCC(COC2(F)C=CC(Cl)=CC2C(=O)OC(C)(C)C)C1. The Hall–Kier alpha value is -0.870. The zero-order valence-electron chi connectivity index (χ0n) is 15.9. The Kier molecular flexibility index (Phi) is 6.05. The van der Waals surface area contributed by atoms with Crippen LogP contribution in [0, 0.1) is 17.3 Å². The average molecular weight is 373 g/mol. The van der Waals surface area contributed by atoms with E-state index in [1.807, 2.05) is 0 Å². The van der Waals surface area contributed by atoms with E-state index in [2.05, 4.69) is 13.8 Å². The normalized spacial score (nSPS) is 32.2. The molecule has 0 N–H and O–H groups in total. The molecule has 0 bridgehead atoms. The topological polar surface area (TPSA) is 35.5 Å². The van der Waals surface area contributed by atoms with Crippen molar-refractivity contribution in [3.63, 3.8) is 0 Å². The van der Waals surface area contributed by atoms with E-state index in [1.54, 1.807) is 20.8 Å². The molecule has 2 aliphatic rings. The van der Waals surface area contributed by atoms with Crippen molar-refractivity contribution in [2.75, 3.05) is 6.61 Å². The summed E-state index contributed by atoms with van der Waals surface area (Å²) in [5, 5.41) is 0.312. The van der Waals surface area contributed by atoms with E-state index in [4.69, 9.17) is 21.1 Å². The van der Waals surface area contributed by atoms with E-state index in [9.17, 15) is 4.79 Å². The lowest BCUT2D eigenvalue weighted by molar-refractivity contribution is -0.187. The molecule has 0 aromatic rings. The second kappa shape index (κ2) is 7.40. The maximum absolute atomic E-state index is 15.5. The second-order valence-corrected chi connectivity index (χ2v) is 9.47. The third kappa shape index (κ3) is 5.82. The Bertz CT molecular complexity index is 562. The van der Waals surface area contributed by atoms with Crippen molar-refractivity contribution in [1.29, 1.82) is 0 Å². The zero-order chi connectivity index (χ0) is 18.9. The molecule has 0 aliphatic heterocycles. The van der Waals surface area contributed by atoms with Crippen LogP contribution in [0.5, 0.6) is 0 Å². The van der Waals surface area contributed by atoms with Gasteiger partial charge in [0, 0.05) is 5.03 Å². The van der Waals surface area contributed by atoms with Gasteiger partial charge in [-0.1, -0.05) is 31.9 Å². The van der Waals surface area contributed by atoms with Gasteiger partial charge in [0.05, 0.1) is 6.61 Å². The maximum atomic E-state index is 15.5. The molecule has 142 valence electrons. The van der Waals surface area contributed by atoms with Crippen LogP contribution in [0.1, 0.15) is 60.3 Å². The van der Waals surface area contributed by atoms with Gasteiger partial charge in [0.1, 0.15) is 11.5 Å². The molecule has 3 atom stereocenters. The Morgan fingerprint density at radius 3 is 2.68 bits per heavy atom. The quantitative estimate of drug-likeness (QED) is 0.608. The number of ether oxygens (including phenoxy) is 2. The molecule has 1 fully saturated rings. The molecule has 0 spiro atoms. The Morgan fingerprint density at radius 1 is 1.40 bits per heavy atom. The van der Waals surface area contributed by atoms with Gasteiger partial charge in [0.25, 0.3) is 0 Å². The lowest BCUT2D eigenvalue weighted by Gasteiger charge is -2.37. The standard InChI is InChI=1S/C20H30ClFO3/c1-18(2,3)25-17(23)16-11-15(21)8-10-20(16,22)24-13-14-7-6-9-19(4,5)12-14/h8,10-11,14,16H,6-7,9,12-13H2,1-5H3. The lowest BCUT2D eigenvalue weighted by Crippen LogP contribution is -2.44. The van der Waals surface area contributed by atoms with Crippen molar-refractivity contribution in [2.45, 2.75) is 71.8 Å². The van der Waals surface area contributed by atoms with Crippen molar-refractivity contribution < 1.29 is 18.7 Å². The molecule has 2 rings (SSSR count). The summed E-state index contributed by atoms with van der Waals surface area (Å²) < 4.78 is 26.5. The highest BCUT2D eigenvalue weighted by Gasteiger charge is 2.46. The van der Waals surface area contributed by atoms with E-state index in [0.29, 0.717) is 11.0 Å². The van der Waals surface area contributed by atoms with Gasteiger partial charge < -0.3 is 9.47 Å². The molecule has 0 amide bonds. The van der Waals surface area contributed by atoms with E-state index < -0.39 is 23.3 Å². The van der Waals surface area contributed by atoms with Crippen LogP contribution < -0.4 is 0 Å². The van der Waals surface area contributed by atoms with Crippen molar-refractivity contribution >= 4 is 17.6 Å². The van der Waals surface area contributed by atoms with E-state index in [1.165, 1.54) is 24.6 Å². The minimum absolute atomic E-state index is 0.256. The number of carbonyl (C=O) groups is 1. The fourth-order valence-electron chi connectivity index (χ4n) is 3.60. The third-order valence-corrected chi connectivity index (χ3v) is 4.98. The van der Waals surface area contributed by atoms with Crippen LogP contribution in [-0.2, 0) is 14.3 Å². The van der Waals surface area contributed by atoms with Crippen molar-refractivity contribution in [2.24, 2.45) is 17.3 Å². The first kappa shape index (κ1) is 20.4. The number of carbonyl (C=O) groups excluding carboxylic acids is 1. The number of halogens is 2. The molecule has 5 heteroatoms. The molecule has 3 nitrogen and oxygen atoms in total. The molecular weight excluding hydrogens is 343 g/mol. The highest BCUT2D eigenvalue weighted by Crippen LogP contribution is 2.41. The second-order valence-electron chi connectivity index (χ2n) is 9.03. The van der Waals surface area contributed by atoms with Gasteiger partial charge in [-0.2, -0.15) is 0 Å². The monoisotopic (exact) mass is 372 g/mol. The Balaban J connectivity index is 2.07.